The molecule has 2 aromatic rings. The lowest BCUT2D eigenvalue weighted by Gasteiger charge is -2.15. The maximum atomic E-state index is 13.1. The SMILES string of the molecule is Cc1cccc(OCC(O)CNc2cc(F)ccc2Br)c1. The minimum atomic E-state index is -0.694. The van der Waals surface area contributed by atoms with Gasteiger partial charge in [0.25, 0.3) is 0 Å². The van der Waals surface area contributed by atoms with Crippen molar-refractivity contribution in [3.05, 3.63) is 58.3 Å². The van der Waals surface area contributed by atoms with Gasteiger partial charge >= 0.3 is 0 Å². The first kappa shape index (κ1) is 15.8. The van der Waals surface area contributed by atoms with E-state index in [9.17, 15) is 9.50 Å². The van der Waals surface area contributed by atoms with Gasteiger partial charge in [-0.2, -0.15) is 0 Å². The van der Waals surface area contributed by atoms with E-state index in [0.717, 1.165) is 15.8 Å². The molecule has 0 amide bonds. The van der Waals surface area contributed by atoms with Crippen molar-refractivity contribution in [1.29, 1.82) is 0 Å². The molecular formula is C16H17BrFNO2. The second-order valence-corrected chi connectivity index (χ2v) is 5.64. The van der Waals surface area contributed by atoms with Gasteiger partial charge in [-0.1, -0.05) is 12.1 Å². The van der Waals surface area contributed by atoms with E-state index in [1.807, 2.05) is 31.2 Å². The molecule has 2 rings (SSSR count). The molecule has 0 radical (unpaired) electrons. The normalized spacial score (nSPS) is 12.0. The van der Waals surface area contributed by atoms with Crippen LogP contribution in [0.15, 0.2) is 46.9 Å². The Hall–Kier alpha value is -1.59. The van der Waals surface area contributed by atoms with Crippen molar-refractivity contribution in [2.45, 2.75) is 13.0 Å². The number of halogens is 2. The highest BCUT2D eigenvalue weighted by Gasteiger charge is 2.07. The summed E-state index contributed by atoms with van der Waals surface area (Å²) in [7, 11) is 0. The first-order chi connectivity index (χ1) is 10.0. The zero-order valence-corrected chi connectivity index (χ0v) is 13.2. The fraction of sp³-hybridized carbons (Fsp3) is 0.250. The van der Waals surface area contributed by atoms with Crippen molar-refractivity contribution in [2.24, 2.45) is 0 Å². The number of ether oxygens (including phenoxy) is 1. The molecule has 3 nitrogen and oxygen atoms in total. The molecule has 5 heteroatoms. The van der Waals surface area contributed by atoms with E-state index < -0.39 is 6.10 Å². The third-order valence-corrected chi connectivity index (χ3v) is 3.58. The summed E-state index contributed by atoms with van der Waals surface area (Å²) in [6.07, 6.45) is -0.694. The van der Waals surface area contributed by atoms with E-state index in [1.165, 1.54) is 12.1 Å². The average molecular weight is 354 g/mol. The van der Waals surface area contributed by atoms with Crippen LogP contribution in [0, 0.1) is 12.7 Å². The van der Waals surface area contributed by atoms with Crippen LogP contribution >= 0.6 is 15.9 Å². The molecule has 0 bridgehead atoms. The van der Waals surface area contributed by atoms with Crippen LogP contribution in [-0.4, -0.2) is 24.4 Å². The predicted molar refractivity (Wildman–Crippen MR) is 85.3 cm³/mol. The van der Waals surface area contributed by atoms with Gasteiger partial charge in [-0.3, -0.25) is 0 Å². The predicted octanol–water partition coefficient (Wildman–Crippen LogP) is 3.75. The number of benzene rings is 2. The number of hydrogen-bond acceptors (Lipinski definition) is 3. The number of nitrogens with one attached hydrogen (secondary N) is 1. The van der Waals surface area contributed by atoms with Crippen LogP contribution in [0.25, 0.3) is 0 Å². The molecule has 0 saturated heterocycles. The zero-order valence-electron chi connectivity index (χ0n) is 11.6. The van der Waals surface area contributed by atoms with Gasteiger partial charge in [0.15, 0.2) is 0 Å². The van der Waals surface area contributed by atoms with Gasteiger partial charge in [-0.15, -0.1) is 0 Å². The van der Waals surface area contributed by atoms with E-state index in [2.05, 4.69) is 21.2 Å². The molecule has 112 valence electrons. The molecule has 1 atom stereocenters. The lowest BCUT2D eigenvalue weighted by Crippen LogP contribution is -2.26. The van der Waals surface area contributed by atoms with Crippen LogP contribution in [0.3, 0.4) is 0 Å². The number of rotatable bonds is 6. The fourth-order valence-electron chi connectivity index (χ4n) is 1.82. The van der Waals surface area contributed by atoms with Gasteiger partial charge in [-0.05, 0) is 58.7 Å². The molecule has 21 heavy (non-hydrogen) atoms. The summed E-state index contributed by atoms with van der Waals surface area (Å²) in [5, 5.41) is 12.9. The molecule has 2 N–H and O–H groups in total. The molecule has 0 saturated carbocycles. The Labute approximate surface area is 131 Å². The molecule has 0 fully saturated rings. The standard InChI is InChI=1S/C16H17BrFNO2/c1-11-3-2-4-14(7-11)21-10-13(20)9-19-16-8-12(18)5-6-15(16)17/h2-8,13,19-20H,9-10H2,1H3. The molecule has 0 aliphatic carbocycles. The minimum Gasteiger partial charge on any atom is -0.491 e. The maximum Gasteiger partial charge on any atom is 0.125 e. The van der Waals surface area contributed by atoms with Crippen molar-refractivity contribution in [3.8, 4) is 5.75 Å². The van der Waals surface area contributed by atoms with E-state index >= 15 is 0 Å². The first-order valence-electron chi connectivity index (χ1n) is 6.61. The van der Waals surface area contributed by atoms with Crippen molar-refractivity contribution in [2.75, 3.05) is 18.5 Å². The largest absolute Gasteiger partial charge is 0.491 e. The van der Waals surface area contributed by atoms with Crippen molar-refractivity contribution < 1.29 is 14.2 Å². The number of aliphatic hydroxyl groups excluding tert-OH is 1. The Bertz CT molecular complexity index is 607. The van der Waals surface area contributed by atoms with Crippen LogP contribution in [0.2, 0.25) is 0 Å². The second-order valence-electron chi connectivity index (χ2n) is 4.79. The van der Waals surface area contributed by atoms with Crippen molar-refractivity contribution in [1.82, 2.24) is 0 Å². The Morgan fingerprint density at radius 3 is 2.86 bits per heavy atom. The van der Waals surface area contributed by atoms with E-state index in [4.69, 9.17) is 4.74 Å². The number of anilines is 1. The molecule has 0 heterocycles. The quantitative estimate of drug-likeness (QED) is 0.830. The van der Waals surface area contributed by atoms with Gasteiger partial charge in [-0.25, -0.2) is 4.39 Å². The number of hydrogen-bond donors (Lipinski definition) is 2. The summed E-state index contributed by atoms with van der Waals surface area (Å²) in [5.41, 5.74) is 1.70. The summed E-state index contributed by atoms with van der Waals surface area (Å²) < 4.78 is 19.4. The first-order valence-corrected chi connectivity index (χ1v) is 7.40. The molecule has 0 spiro atoms. The van der Waals surface area contributed by atoms with Crippen LogP contribution in [0.4, 0.5) is 10.1 Å². The van der Waals surface area contributed by atoms with Gasteiger partial charge in [0.1, 0.15) is 24.3 Å². The van der Waals surface area contributed by atoms with E-state index in [0.29, 0.717) is 5.69 Å². The fourth-order valence-corrected chi connectivity index (χ4v) is 2.20. The van der Waals surface area contributed by atoms with Crippen LogP contribution < -0.4 is 10.1 Å². The third kappa shape index (κ3) is 5.02. The lowest BCUT2D eigenvalue weighted by atomic mass is 10.2. The summed E-state index contributed by atoms with van der Waals surface area (Å²) in [6, 6.07) is 12.0. The highest BCUT2D eigenvalue weighted by Crippen LogP contribution is 2.23. The smallest absolute Gasteiger partial charge is 0.125 e. The van der Waals surface area contributed by atoms with E-state index in [1.54, 1.807) is 6.07 Å². The Kier molecular flexibility index (Phi) is 5.59. The number of aryl methyl sites for hydroxylation is 1. The van der Waals surface area contributed by atoms with Crippen LogP contribution in [0.1, 0.15) is 5.56 Å². The molecule has 0 aliphatic rings. The van der Waals surface area contributed by atoms with Gasteiger partial charge in [0.2, 0.25) is 0 Å². The average Bonchev–Trinajstić information content (AvgIpc) is 2.46. The Balaban J connectivity index is 1.82. The summed E-state index contributed by atoms with van der Waals surface area (Å²) >= 11 is 3.32. The van der Waals surface area contributed by atoms with Gasteiger partial charge < -0.3 is 15.2 Å². The molecule has 0 aromatic heterocycles. The zero-order chi connectivity index (χ0) is 15.2. The third-order valence-electron chi connectivity index (χ3n) is 2.89. The Morgan fingerprint density at radius 2 is 2.10 bits per heavy atom. The lowest BCUT2D eigenvalue weighted by molar-refractivity contribution is 0.117. The Morgan fingerprint density at radius 1 is 1.29 bits per heavy atom. The summed E-state index contributed by atoms with van der Waals surface area (Å²) in [6.45, 7) is 2.42. The topological polar surface area (TPSA) is 41.5 Å². The molecule has 0 aliphatic heterocycles. The molecule has 2 aromatic carbocycles. The maximum absolute atomic E-state index is 13.1. The van der Waals surface area contributed by atoms with E-state index in [-0.39, 0.29) is 19.0 Å². The molecule has 1 unspecified atom stereocenters. The second kappa shape index (κ2) is 7.43. The van der Waals surface area contributed by atoms with Gasteiger partial charge in [0.05, 0.1) is 5.69 Å². The van der Waals surface area contributed by atoms with Crippen LogP contribution in [0.5, 0.6) is 5.75 Å². The van der Waals surface area contributed by atoms with Crippen LogP contribution in [-0.2, 0) is 0 Å². The summed E-state index contributed by atoms with van der Waals surface area (Å²) in [5.74, 6) is 0.396. The highest BCUT2D eigenvalue weighted by atomic mass is 79.9. The van der Waals surface area contributed by atoms with Crippen molar-refractivity contribution >= 4 is 21.6 Å². The van der Waals surface area contributed by atoms with Crippen molar-refractivity contribution in [3.63, 3.8) is 0 Å². The monoisotopic (exact) mass is 353 g/mol. The minimum absolute atomic E-state index is 0.170. The molecular weight excluding hydrogens is 337 g/mol. The number of aliphatic hydroxyl groups is 1. The highest BCUT2D eigenvalue weighted by molar-refractivity contribution is 9.10. The van der Waals surface area contributed by atoms with Gasteiger partial charge in [0, 0.05) is 11.0 Å². The summed E-state index contributed by atoms with van der Waals surface area (Å²) in [4.78, 5) is 0.